The van der Waals surface area contributed by atoms with E-state index in [1.807, 2.05) is 19.9 Å². The van der Waals surface area contributed by atoms with Gasteiger partial charge in [0, 0.05) is 6.42 Å². The predicted octanol–water partition coefficient (Wildman–Crippen LogP) is 1.28. The zero-order chi connectivity index (χ0) is 18.3. The molecule has 1 aromatic carbocycles. The summed E-state index contributed by atoms with van der Waals surface area (Å²) in [5.41, 5.74) is 4.86. The minimum atomic E-state index is -0.669. The van der Waals surface area contributed by atoms with E-state index >= 15 is 0 Å². The summed E-state index contributed by atoms with van der Waals surface area (Å²) in [5.74, 6) is -0.266. The molecule has 130 valence electrons. The van der Waals surface area contributed by atoms with Gasteiger partial charge in [-0.1, -0.05) is 26.0 Å². The number of hydrogen-bond acceptors (Lipinski definition) is 5. The number of nitrogens with one attached hydrogen (secondary N) is 1. The molecule has 2 amide bonds. The molecule has 1 unspecified atom stereocenters. The lowest BCUT2D eigenvalue weighted by atomic mass is 10.1. The molecule has 3 rings (SSSR count). The Kier molecular flexibility index (Phi) is 7.26. The number of para-hydroxylation sites is 1. The zero-order valence-corrected chi connectivity index (χ0v) is 14.5. The number of fused-ring (bicyclic) bond motifs is 1. The molecule has 1 aliphatic heterocycles. The van der Waals surface area contributed by atoms with Crippen molar-refractivity contribution in [3.05, 3.63) is 40.4 Å². The monoisotopic (exact) mass is 332 g/mol. The first-order chi connectivity index (χ1) is 11.6. The molecule has 0 bridgehead atoms. The largest absolute Gasteiger partial charge is 0.333 e. The molecule has 1 atom stereocenters. The Morgan fingerprint density at radius 2 is 1.79 bits per heavy atom. The van der Waals surface area contributed by atoms with E-state index in [1.54, 1.807) is 25.1 Å². The highest BCUT2D eigenvalue weighted by Crippen LogP contribution is 2.19. The molecule has 7 nitrogen and oxygen atoms in total. The molecule has 24 heavy (non-hydrogen) atoms. The summed E-state index contributed by atoms with van der Waals surface area (Å²) in [6.07, 6.45) is 0.556. The number of imide groups is 1. The molecule has 2 heterocycles. The maximum atomic E-state index is 12.5. The summed E-state index contributed by atoms with van der Waals surface area (Å²) >= 11 is 0. The van der Waals surface area contributed by atoms with Crippen LogP contribution >= 0.6 is 0 Å². The molecule has 7 heteroatoms. The quantitative estimate of drug-likeness (QED) is 0.765. The molecule has 1 fully saturated rings. The van der Waals surface area contributed by atoms with Gasteiger partial charge in [0.15, 0.2) is 0 Å². The Bertz CT molecular complexity index is 783. The van der Waals surface area contributed by atoms with E-state index in [0.29, 0.717) is 23.1 Å². The van der Waals surface area contributed by atoms with Gasteiger partial charge in [-0.25, -0.2) is 4.98 Å². The first-order valence-electron chi connectivity index (χ1n) is 7.97. The number of piperidine rings is 1. The highest BCUT2D eigenvalue weighted by molar-refractivity contribution is 5.99. The number of nitrogens with two attached hydrogens (primary N) is 1. The molecular formula is C17H24N4O3. The normalized spacial score (nSPS) is 16.5. The minimum absolute atomic E-state index is 0.231. The molecule has 1 aromatic heterocycles. The highest BCUT2D eigenvalue weighted by Gasteiger charge is 2.30. The fraction of sp³-hybridized carbons (Fsp3) is 0.412. The molecule has 1 saturated heterocycles. The number of aromatic nitrogens is 2. The smallest absolute Gasteiger partial charge is 0.262 e. The first kappa shape index (κ1) is 19.5. The lowest BCUT2D eigenvalue weighted by Crippen LogP contribution is -2.45. The Labute approximate surface area is 140 Å². The molecule has 3 N–H and O–H groups in total. The summed E-state index contributed by atoms with van der Waals surface area (Å²) < 4.78 is 1.38. The standard InChI is InChI=1S/C14H13N3O3.C2H6.CH5N/c1-8-15-10-5-3-2-4-9(10)14(20)17(8)11-6-7-12(18)16-13(11)19;2*1-2/h2-5,11H,6-7H2,1H3,(H,16,18,19);1-2H3;2H2,1H3. The average Bonchev–Trinajstić information content (AvgIpc) is 2.60. The maximum absolute atomic E-state index is 12.5. The third-order valence-corrected chi connectivity index (χ3v) is 3.51. The van der Waals surface area contributed by atoms with Gasteiger partial charge in [-0.05, 0) is 32.5 Å². The minimum Gasteiger partial charge on any atom is -0.333 e. The molecule has 0 radical (unpaired) electrons. The number of rotatable bonds is 1. The average molecular weight is 332 g/mol. The van der Waals surface area contributed by atoms with Crippen molar-refractivity contribution in [2.24, 2.45) is 5.73 Å². The SMILES string of the molecule is CC.CN.Cc1nc2ccccc2c(=O)n1C1CCC(=O)NC1=O. The summed E-state index contributed by atoms with van der Waals surface area (Å²) in [7, 11) is 1.50. The van der Waals surface area contributed by atoms with Gasteiger partial charge in [0.05, 0.1) is 10.9 Å². The zero-order valence-electron chi connectivity index (χ0n) is 14.5. The summed E-state index contributed by atoms with van der Waals surface area (Å²) in [5, 5.41) is 2.74. The van der Waals surface area contributed by atoms with Gasteiger partial charge in [-0.15, -0.1) is 0 Å². The van der Waals surface area contributed by atoms with Crippen LogP contribution in [0, 0.1) is 6.92 Å². The van der Waals surface area contributed by atoms with Crippen molar-refractivity contribution >= 4 is 22.7 Å². The fourth-order valence-electron chi connectivity index (χ4n) is 2.55. The third-order valence-electron chi connectivity index (χ3n) is 3.51. The van der Waals surface area contributed by atoms with Crippen LogP contribution < -0.4 is 16.6 Å². The van der Waals surface area contributed by atoms with Crippen LogP contribution in [-0.2, 0) is 9.59 Å². The first-order valence-corrected chi connectivity index (χ1v) is 7.97. The second kappa shape index (κ2) is 8.93. The van der Waals surface area contributed by atoms with Gasteiger partial charge in [-0.3, -0.25) is 24.3 Å². The Morgan fingerprint density at radius 3 is 2.42 bits per heavy atom. The van der Waals surface area contributed by atoms with Gasteiger partial charge in [0.1, 0.15) is 11.9 Å². The van der Waals surface area contributed by atoms with Crippen LogP contribution in [0.5, 0.6) is 0 Å². The second-order valence-corrected chi connectivity index (χ2v) is 4.82. The van der Waals surface area contributed by atoms with E-state index in [2.05, 4.69) is 16.0 Å². The van der Waals surface area contributed by atoms with Crippen LogP contribution in [0.3, 0.4) is 0 Å². The number of carbonyl (C=O) groups excluding carboxylic acids is 2. The number of benzene rings is 1. The summed E-state index contributed by atoms with van der Waals surface area (Å²) in [6.45, 7) is 5.69. The summed E-state index contributed by atoms with van der Waals surface area (Å²) in [6, 6.07) is 6.35. The number of amides is 2. The van der Waals surface area contributed by atoms with Gasteiger partial charge in [0.2, 0.25) is 11.8 Å². The van der Waals surface area contributed by atoms with Gasteiger partial charge >= 0.3 is 0 Å². The van der Waals surface area contributed by atoms with Crippen LogP contribution in [-0.4, -0.2) is 28.4 Å². The van der Waals surface area contributed by atoms with Crippen LogP contribution in [0.4, 0.5) is 0 Å². The Morgan fingerprint density at radius 1 is 1.17 bits per heavy atom. The fourth-order valence-corrected chi connectivity index (χ4v) is 2.55. The maximum Gasteiger partial charge on any atom is 0.262 e. The van der Waals surface area contributed by atoms with Crippen molar-refractivity contribution in [2.75, 3.05) is 7.05 Å². The lowest BCUT2D eigenvalue weighted by molar-refractivity contribution is -0.135. The van der Waals surface area contributed by atoms with Crippen molar-refractivity contribution in [1.82, 2.24) is 14.9 Å². The number of nitrogens with zero attached hydrogens (tertiary/aromatic N) is 2. The molecule has 0 spiro atoms. The van der Waals surface area contributed by atoms with Crippen molar-refractivity contribution < 1.29 is 9.59 Å². The van der Waals surface area contributed by atoms with Crippen molar-refractivity contribution in [3.63, 3.8) is 0 Å². The lowest BCUT2D eigenvalue weighted by Gasteiger charge is -2.24. The number of aryl methyl sites for hydroxylation is 1. The molecule has 1 aliphatic rings. The Balaban J connectivity index is 0.000000671. The van der Waals surface area contributed by atoms with E-state index in [-0.39, 0.29) is 17.9 Å². The van der Waals surface area contributed by atoms with Crippen LogP contribution in [0.25, 0.3) is 10.9 Å². The van der Waals surface area contributed by atoms with E-state index in [4.69, 9.17) is 0 Å². The van der Waals surface area contributed by atoms with E-state index in [9.17, 15) is 14.4 Å². The van der Waals surface area contributed by atoms with Crippen molar-refractivity contribution in [2.45, 2.75) is 39.7 Å². The number of hydrogen-bond donors (Lipinski definition) is 2. The van der Waals surface area contributed by atoms with Crippen LogP contribution in [0.15, 0.2) is 29.1 Å². The predicted molar refractivity (Wildman–Crippen MR) is 93.6 cm³/mol. The molecule has 2 aromatic rings. The molecular weight excluding hydrogens is 308 g/mol. The van der Waals surface area contributed by atoms with E-state index < -0.39 is 11.9 Å². The van der Waals surface area contributed by atoms with E-state index in [1.165, 1.54) is 11.6 Å². The summed E-state index contributed by atoms with van der Waals surface area (Å²) in [4.78, 5) is 40.0. The molecule has 0 saturated carbocycles. The topological polar surface area (TPSA) is 107 Å². The van der Waals surface area contributed by atoms with Gasteiger partial charge in [-0.2, -0.15) is 0 Å². The third kappa shape index (κ3) is 3.86. The van der Waals surface area contributed by atoms with Gasteiger partial charge in [0.25, 0.3) is 5.56 Å². The van der Waals surface area contributed by atoms with Crippen LogP contribution in [0.2, 0.25) is 0 Å². The number of carbonyl (C=O) groups is 2. The van der Waals surface area contributed by atoms with Gasteiger partial charge < -0.3 is 5.73 Å². The molecule has 0 aliphatic carbocycles. The van der Waals surface area contributed by atoms with Crippen LogP contribution in [0.1, 0.15) is 38.6 Å². The second-order valence-electron chi connectivity index (χ2n) is 4.82. The van der Waals surface area contributed by atoms with Crippen molar-refractivity contribution in [3.8, 4) is 0 Å². The van der Waals surface area contributed by atoms with Crippen molar-refractivity contribution in [1.29, 1.82) is 0 Å². The highest BCUT2D eigenvalue weighted by atomic mass is 16.2. The van der Waals surface area contributed by atoms with E-state index in [0.717, 1.165) is 0 Å². The Hall–Kier alpha value is -2.54.